The second kappa shape index (κ2) is 9.05. The molecule has 1 heterocycles. The van der Waals surface area contributed by atoms with Crippen LogP contribution >= 0.6 is 0 Å². The van der Waals surface area contributed by atoms with E-state index in [1.807, 2.05) is 16.6 Å². The van der Waals surface area contributed by atoms with Crippen molar-refractivity contribution in [3.8, 4) is 0 Å². The highest BCUT2D eigenvalue weighted by molar-refractivity contribution is 5.78. The molecule has 1 aromatic heterocycles. The van der Waals surface area contributed by atoms with E-state index in [0.717, 1.165) is 32.4 Å². The van der Waals surface area contributed by atoms with Crippen molar-refractivity contribution in [1.29, 1.82) is 0 Å². The Balaban J connectivity index is 1.48. The Morgan fingerprint density at radius 1 is 1.15 bits per heavy atom. The topological polar surface area (TPSA) is 41.4 Å². The Labute approximate surface area is 164 Å². The average Bonchev–Trinajstić information content (AvgIpc) is 3.02. The lowest BCUT2D eigenvalue weighted by molar-refractivity contribution is -0.135. The van der Waals surface area contributed by atoms with Crippen LogP contribution in [0.5, 0.6) is 0 Å². The first kappa shape index (κ1) is 20.1. The zero-order valence-corrected chi connectivity index (χ0v) is 17.5. The molecule has 0 spiro atoms. The summed E-state index contributed by atoms with van der Waals surface area (Å²) in [6.45, 7) is 1.85. The number of rotatable bonds is 6. The van der Waals surface area contributed by atoms with Crippen LogP contribution in [0.15, 0.2) is 18.2 Å². The molecule has 0 saturated heterocycles. The van der Waals surface area contributed by atoms with Crippen molar-refractivity contribution in [3.05, 3.63) is 29.6 Å². The molecule has 1 aromatic rings. The Kier molecular flexibility index (Phi) is 6.74. The molecule has 0 radical (unpaired) electrons. The van der Waals surface area contributed by atoms with E-state index >= 15 is 0 Å². The summed E-state index contributed by atoms with van der Waals surface area (Å²) in [4.78, 5) is 16.9. The van der Waals surface area contributed by atoms with Crippen molar-refractivity contribution in [2.24, 2.45) is 18.9 Å². The van der Waals surface area contributed by atoms with Crippen LogP contribution in [0.1, 0.15) is 62.3 Å². The van der Waals surface area contributed by atoms with Gasteiger partial charge in [0.15, 0.2) is 0 Å². The Morgan fingerprint density at radius 3 is 2.52 bits per heavy atom. The summed E-state index contributed by atoms with van der Waals surface area (Å²) in [5, 5.41) is 4.78. The van der Waals surface area contributed by atoms with Gasteiger partial charge in [-0.3, -0.25) is 9.48 Å². The van der Waals surface area contributed by atoms with Crippen molar-refractivity contribution in [1.82, 2.24) is 19.6 Å². The fourth-order valence-electron chi connectivity index (χ4n) is 4.65. The largest absolute Gasteiger partial charge is 0.345 e. The van der Waals surface area contributed by atoms with Crippen molar-refractivity contribution >= 4 is 5.91 Å². The van der Waals surface area contributed by atoms with Gasteiger partial charge >= 0.3 is 0 Å². The van der Waals surface area contributed by atoms with Gasteiger partial charge in [0, 0.05) is 39.0 Å². The molecule has 0 N–H and O–H groups in total. The molecule has 5 nitrogen and oxygen atoms in total. The molecule has 0 unspecified atom stereocenters. The normalized spacial score (nSPS) is 25.7. The highest BCUT2D eigenvalue weighted by Gasteiger charge is 2.28. The van der Waals surface area contributed by atoms with Gasteiger partial charge in [-0.2, -0.15) is 5.10 Å². The second-order valence-corrected chi connectivity index (χ2v) is 8.84. The molecule has 0 aromatic carbocycles. The Bertz CT molecular complexity index is 655. The van der Waals surface area contributed by atoms with Gasteiger partial charge in [0.2, 0.25) is 5.91 Å². The first-order valence-electron chi connectivity index (χ1n) is 10.5. The maximum atomic E-state index is 12.7. The van der Waals surface area contributed by atoms with E-state index < -0.39 is 0 Å². The molecule has 1 atom stereocenters. The number of allylic oxidation sites excluding steroid dienone is 2. The van der Waals surface area contributed by atoms with E-state index in [1.54, 1.807) is 0 Å². The van der Waals surface area contributed by atoms with Crippen molar-refractivity contribution in [2.75, 3.05) is 27.7 Å². The SMILES string of the molecule is CN(C)Cc1cc(C2CCC(CN(C)C(=O)[C@H]3CC=CCC3)CC2)nn1C. The lowest BCUT2D eigenvalue weighted by atomic mass is 9.80. The van der Waals surface area contributed by atoms with E-state index in [-0.39, 0.29) is 5.92 Å². The summed E-state index contributed by atoms with van der Waals surface area (Å²) in [5.74, 6) is 1.77. The summed E-state index contributed by atoms with van der Waals surface area (Å²) in [6, 6.07) is 2.29. The van der Waals surface area contributed by atoms with Crippen molar-refractivity contribution < 1.29 is 4.79 Å². The molecule has 1 saturated carbocycles. The molecule has 0 bridgehead atoms. The average molecular weight is 373 g/mol. The van der Waals surface area contributed by atoms with Gasteiger partial charge in [-0.05, 0) is 71.0 Å². The number of carbonyl (C=O) groups is 1. The van der Waals surface area contributed by atoms with Gasteiger partial charge in [-0.15, -0.1) is 0 Å². The highest BCUT2D eigenvalue weighted by atomic mass is 16.2. The monoisotopic (exact) mass is 372 g/mol. The van der Waals surface area contributed by atoms with Crippen LogP contribution in [-0.4, -0.2) is 53.2 Å². The predicted molar refractivity (Wildman–Crippen MR) is 109 cm³/mol. The standard InChI is InChI=1S/C22H36N4O/c1-24(2)16-20-14-21(23-26(20)4)18-12-10-17(11-13-18)15-25(3)22(27)19-8-6-5-7-9-19/h5-6,14,17-19H,7-13,15-16H2,1-4H3/t17?,18?,19-/m0/s1. The van der Waals surface area contributed by atoms with Crippen LogP contribution < -0.4 is 0 Å². The first-order chi connectivity index (χ1) is 12.9. The molecule has 0 aliphatic heterocycles. The van der Waals surface area contributed by atoms with Crippen LogP contribution in [0.3, 0.4) is 0 Å². The minimum Gasteiger partial charge on any atom is -0.345 e. The molecular weight excluding hydrogens is 336 g/mol. The number of amides is 1. The number of hydrogen-bond acceptors (Lipinski definition) is 3. The van der Waals surface area contributed by atoms with E-state index in [0.29, 0.717) is 17.7 Å². The molecule has 1 amide bonds. The summed E-state index contributed by atoms with van der Waals surface area (Å²) < 4.78 is 2.03. The van der Waals surface area contributed by atoms with Gasteiger partial charge in [0.05, 0.1) is 11.4 Å². The number of carbonyl (C=O) groups excluding carboxylic acids is 1. The number of nitrogens with zero attached hydrogens (tertiary/aromatic N) is 4. The fourth-order valence-corrected chi connectivity index (χ4v) is 4.65. The summed E-state index contributed by atoms with van der Waals surface area (Å²) >= 11 is 0. The third kappa shape index (κ3) is 5.22. The lowest BCUT2D eigenvalue weighted by Crippen LogP contribution is -2.37. The molecule has 2 aliphatic rings. The van der Waals surface area contributed by atoms with Gasteiger partial charge in [-0.1, -0.05) is 12.2 Å². The predicted octanol–water partition coefficient (Wildman–Crippen LogP) is 3.57. The van der Waals surface area contributed by atoms with Crippen LogP contribution in [0.25, 0.3) is 0 Å². The minimum absolute atomic E-state index is 0.208. The van der Waals surface area contributed by atoms with E-state index in [2.05, 4.69) is 44.3 Å². The quantitative estimate of drug-likeness (QED) is 0.717. The Hall–Kier alpha value is -1.62. The van der Waals surface area contributed by atoms with Gasteiger partial charge < -0.3 is 9.80 Å². The van der Waals surface area contributed by atoms with Crippen molar-refractivity contribution in [3.63, 3.8) is 0 Å². The van der Waals surface area contributed by atoms with Crippen LogP contribution in [0.4, 0.5) is 0 Å². The lowest BCUT2D eigenvalue weighted by Gasteiger charge is -2.32. The molecule has 27 heavy (non-hydrogen) atoms. The molecule has 3 rings (SSSR count). The fraction of sp³-hybridized carbons (Fsp3) is 0.727. The van der Waals surface area contributed by atoms with E-state index in [9.17, 15) is 4.79 Å². The zero-order valence-electron chi connectivity index (χ0n) is 17.5. The summed E-state index contributed by atoms with van der Waals surface area (Å²) in [5.41, 5.74) is 2.54. The van der Waals surface area contributed by atoms with E-state index in [4.69, 9.17) is 5.10 Å². The van der Waals surface area contributed by atoms with Gasteiger partial charge in [0.1, 0.15) is 0 Å². The van der Waals surface area contributed by atoms with Crippen LogP contribution in [0, 0.1) is 11.8 Å². The minimum atomic E-state index is 0.208. The summed E-state index contributed by atoms with van der Waals surface area (Å²) in [6.07, 6.45) is 12.1. The smallest absolute Gasteiger partial charge is 0.225 e. The molecule has 5 heteroatoms. The van der Waals surface area contributed by atoms with Crippen LogP contribution in [-0.2, 0) is 18.4 Å². The first-order valence-corrected chi connectivity index (χ1v) is 10.5. The third-order valence-corrected chi connectivity index (χ3v) is 6.27. The van der Waals surface area contributed by atoms with E-state index in [1.165, 1.54) is 37.1 Å². The molecule has 1 fully saturated rings. The zero-order chi connectivity index (χ0) is 19.4. The number of hydrogen-bond donors (Lipinski definition) is 0. The van der Waals surface area contributed by atoms with Crippen LogP contribution in [0.2, 0.25) is 0 Å². The Morgan fingerprint density at radius 2 is 1.89 bits per heavy atom. The molecule has 2 aliphatic carbocycles. The number of aromatic nitrogens is 2. The molecule has 150 valence electrons. The van der Waals surface area contributed by atoms with Crippen molar-refractivity contribution in [2.45, 2.75) is 57.4 Å². The third-order valence-electron chi connectivity index (χ3n) is 6.27. The highest BCUT2D eigenvalue weighted by Crippen LogP contribution is 2.36. The second-order valence-electron chi connectivity index (χ2n) is 8.84. The molecular formula is C22H36N4O. The van der Waals surface area contributed by atoms with Gasteiger partial charge in [0.25, 0.3) is 0 Å². The summed E-state index contributed by atoms with van der Waals surface area (Å²) in [7, 11) is 8.24. The maximum absolute atomic E-state index is 12.7. The van der Waals surface area contributed by atoms with Gasteiger partial charge in [-0.25, -0.2) is 0 Å². The number of aryl methyl sites for hydroxylation is 1. The maximum Gasteiger partial charge on any atom is 0.225 e.